The number of nitrogens with two attached hydrogens (primary N) is 1. The molecule has 3 atom stereocenters. The van der Waals surface area contributed by atoms with Gasteiger partial charge in [0.1, 0.15) is 5.82 Å². The third kappa shape index (κ3) is 4.20. The molecule has 0 bridgehead atoms. The molecule has 4 heteroatoms. The number of hydrogen-bond acceptors (Lipinski definition) is 3. The monoisotopic (exact) mass is 284 g/mol. The van der Waals surface area contributed by atoms with E-state index in [1.165, 1.54) is 6.07 Å². The van der Waals surface area contributed by atoms with E-state index >= 15 is 0 Å². The van der Waals surface area contributed by atoms with E-state index in [0.717, 1.165) is 12.2 Å². The average Bonchev–Trinajstić information content (AvgIpc) is 2.38. The molecule has 0 fully saturated rings. The first-order chi connectivity index (χ1) is 9.02. The quantitative estimate of drug-likeness (QED) is 0.833. The summed E-state index contributed by atoms with van der Waals surface area (Å²) < 4.78 is 14.0. The van der Waals surface area contributed by atoms with Gasteiger partial charge in [-0.25, -0.2) is 4.39 Å². The van der Waals surface area contributed by atoms with E-state index in [4.69, 9.17) is 5.73 Å². The van der Waals surface area contributed by atoms with E-state index < -0.39 is 0 Å². The van der Waals surface area contributed by atoms with Crippen LogP contribution < -0.4 is 5.73 Å². The van der Waals surface area contributed by atoms with Crippen LogP contribution in [0.4, 0.5) is 4.39 Å². The smallest absolute Gasteiger partial charge is 0.128 e. The molecule has 19 heavy (non-hydrogen) atoms. The van der Waals surface area contributed by atoms with Crippen molar-refractivity contribution in [2.75, 3.05) is 19.1 Å². The zero-order valence-corrected chi connectivity index (χ0v) is 13.1. The molecule has 0 amide bonds. The fraction of sp³-hybridized carbons (Fsp3) is 0.600. The lowest BCUT2D eigenvalue weighted by Gasteiger charge is -2.37. The summed E-state index contributed by atoms with van der Waals surface area (Å²) in [5.41, 5.74) is 6.81. The van der Waals surface area contributed by atoms with Crippen LogP contribution in [0, 0.1) is 5.82 Å². The number of halogens is 1. The summed E-state index contributed by atoms with van der Waals surface area (Å²) in [5.74, 6) is 0.862. The minimum Gasteiger partial charge on any atom is -0.326 e. The lowest BCUT2D eigenvalue weighted by Crippen LogP contribution is -2.44. The number of rotatable bonds is 7. The van der Waals surface area contributed by atoms with Gasteiger partial charge in [-0.2, -0.15) is 11.8 Å². The predicted molar refractivity (Wildman–Crippen MR) is 83.0 cm³/mol. The lowest BCUT2D eigenvalue weighted by molar-refractivity contribution is 0.161. The van der Waals surface area contributed by atoms with Crippen molar-refractivity contribution in [1.29, 1.82) is 0 Å². The Hall–Kier alpha value is -0.580. The van der Waals surface area contributed by atoms with Gasteiger partial charge in [0.05, 0.1) is 6.04 Å². The summed E-state index contributed by atoms with van der Waals surface area (Å²) in [6.07, 6.45) is 3.13. The van der Waals surface area contributed by atoms with Crippen molar-refractivity contribution in [3.63, 3.8) is 0 Å². The van der Waals surface area contributed by atoms with Gasteiger partial charge in [-0.1, -0.05) is 25.1 Å². The predicted octanol–water partition coefficient (Wildman–Crippen LogP) is 3.29. The topological polar surface area (TPSA) is 29.3 Å². The van der Waals surface area contributed by atoms with Gasteiger partial charge in [-0.05, 0) is 32.7 Å². The first-order valence-corrected chi connectivity index (χ1v) is 8.13. The van der Waals surface area contributed by atoms with Crippen LogP contribution in [0.2, 0.25) is 0 Å². The molecule has 1 rings (SSSR count). The molecule has 2 nitrogen and oxygen atoms in total. The van der Waals surface area contributed by atoms with E-state index in [1.807, 2.05) is 37.9 Å². The van der Waals surface area contributed by atoms with Crippen molar-refractivity contribution >= 4 is 11.8 Å². The largest absolute Gasteiger partial charge is 0.326 e. The number of thioether (sulfide) groups is 1. The van der Waals surface area contributed by atoms with Crippen molar-refractivity contribution in [2.45, 2.75) is 38.4 Å². The van der Waals surface area contributed by atoms with Crippen molar-refractivity contribution in [2.24, 2.45) is 5.73 Å². The average molecular weight is 284 g/mol. The van der Waals surface area contributed by atoms with Crippen molar-refractivity contribution in [3.05, 3.63) is 35.6 Å². The van der Waals surface area contributed by atoms with E-state index in [-0.39, 0.29) is 17.9 Å². The van der Waals surface area contributed by atoms with Crippen LogP contribution in [-0.4, -0.2) is 36.0 Å². The summed E-state index contributed by atoms with van der Waals surface area (Å²) >= 11 is 1.81. The van der Waals surface area contributed by atoms with Gasteiger partial charge >= 0.3 is 0 Å². The van der Waals surface area contributed by atoms with E-state index in [1.54, 1.807) is 6.07 Å². The molecule has 0 aliphatic rings. The second-order valence-electron chi connectivity index (χ2n) is 5.01. The molecule has 0 saturated heterocycles. The highest BCUT2D eigenvalue weighted by atomic mass is 32.2. The second-order valence-corrected chi connectivity index (χ2v) is 5.92. The second kappa shape index (κ2) is 7.88. The minimum absolute atomic E-state index is 0.0849. The maximum Gasteiger partial charge on any atom is 0.128 e. The molecule has 0 aliphatic heterocycles. The van der Waals surface area contributed by atoms with E-state index in [9.17, 15) is 4.39 Å². The Kier molecular flexibility index (Phi) is 6.83. The minimum atomic E-state index is -0.171. The summed E-state index contributed by atoms with van der Waals surface area (Å²) in [7, 11) is 2.05. The zero-order chi connectivity index (χ0) is 14.4. The Morgan fingerprint density at radius 1 is 1.37 bits per heavy atom. The fourth-order valence-corrected chi connectivity index (χ4v) is 3.39. The zero-order valence-electron chi connectivity index (χ0n) is 12.3. The lowest BCUT2D eigenvalue weighted by atomic mass is 9.97. The molecule has 0 spiro atoms. The summed E-state index contributed by atoms with van der Waals surface area (Å²) in [6, 6.07) is 7.15. The Labute approximate surface area is 120 Å². The highest BCUT2D eigenvalue weighted by Crippen LogP contribution is 2.28. The van der Waals surface area contributed by atoms with Gasteiger partial charge in [0.25, 0.3) is 0 Å². The van der Waals surface area contributed by atoms with Crippen molar-refractivity contribution in [3.8, 4) is 0 Å². The number of benzene rings is 1. The van der Waals surface area contributed by atoms with Gasteiger partial charge in [0, 0.05) is 23.4 Å². The molecule has 0 aromatic heterocycles. The standard InChI is InChI=1S/C15H25FN2S/c1-5-12(10-19-4)18(3)15(11(2)17)13-8-6-7-9-14(13)16/h6-9,11-12,15H,5,10,17H2,1-4H3. The van der Waals surface area contributed by atoms with Crippen LogP contribution in [0.3, 0.4) is 0 Å². The molecule has 2 N–H and O–H groups in total. The maximum atomic E-state index is 14.0. The third-order valence-corrected chi connectivity index (χ3v) is 4.29. The van der Waals surface area contributed by atoms with Gasteiger partial charge in [-0.15, -0.1) is 0 Å². The van der Waals surface area contributed by atoms with Crippen LogP contribution >= 0.6 is 11.8 Å². The van der Waals surface area contributed by atoms with Crippen molar-refractivity contribution < 1.29 is 4.39 Å². The van der Waals surface area contributed by atoms with Gasteiger partial charge in [0.2, 0.25) is 0 Å². The Morgan fingerprint density at radius 2 is 2.00 bits per heavy atom. The van der Waals surface area contributed by atoms with Crippen LogP contribution in [0.5, 0.6) is 0 Å². The molecule has 0 aliphatic carbocycles. The number of hydrogen-bond donors (Lipinski definition) is 1. The molecule has 3 unspecified atom stereocenters. The molecule has 0 radical (unpaired) electrons. The SMILES string of the molecule is CCC(CSC)N(C)C(c1ccccc1F)C(C)N. The normalized spacial score (nSPS) is 16.4. The van der Waals surface area contributed by atoms with Crippen LogP contribution in [-0.2, 0) is 0 Å². The molecular weight excluding hydrogens is 259 g/mol. The Morgan fingerprint density at radius 3 is 2.47 bits per heavy atom. The number of likely N-dealkylation sites (N-methyl/N-ethyl adjacent to an activating group) is 1. The highest BCUT2D eigenvalue weighted by molar-refractivity contribution is 7.98. The molecule has 0 saturated carbocycles. The van der Waals surface area contributed by atoms with Gasteiger partial charge < -0.3 is 5.73 Å². The molecule has 108 valence electrons. The van der Waals surface area contributed by atoms with E-state index in [2.05, 4.69) is 18.1 Å². The van der Waals surface area contributed by atoms with Crippen LogP contribution in [0.25, 0.3) is 0 Å². The van der Waals surface area contributed by atoms with Gasteiger partial charge in [0.15, 0.2) is 0 Å². The van der Waals surface area contributed by atoms with Crippen LogP contribution in [0.1, 0.15) is 31.9 Å². The summed E-state index contributed by atoms with van der Waals surface area (Å²) in [5, 5.41) is 0. The Bertz CT molecular complexity index is 384. The van der Waals surface area contributed by atoms with Gasteiger partial charge in [-0.3, -0.25) is 4.90 Å². The molecule has 1 aromatic rings. The summed E-state index contributed by atoms with van der Waals surface area (Å²) in [6.45, 7) is 4.11. The van der Waals surface area contributed by atoms with Crippen molar-refractivity contribution in [1.82, 2.24) is 4.90 Å². The molecular formula is C15H25FN2S. The maximum absolute atomic E-state index is 14.0. The van der Waals surface area contributed by atoms with E-state index in [0.29, 0.717) is 11.6 Å². The first kappa shape index (κ1) is 16.5. The highest BCUT2D eigenvalue weighted by Gasteiger charge is 2.27. The number of nitrogens with zero attached hydrogens (tertiary/aromatic N) is 1. The first-order valence-electron chi connectivity index (χ1n) is 6.73. The third-order valence-electron chi connectivity index (χ3n) is 3.57. The van der Waals surface area contributed by atoms with Crippen LogP contribution in [0.15, 0.2) is 24.3 Å². The Balaban J connectivity index is 3.04. The fourth-order valence-electron chi connectivity index (χ4n) is 2.53. The molecule has 0 heterocycles. The summed E-state index contributed by atoms with van der Waals surface area (Å²) in [4.78, 5) is 2.22. The molecule has 1 aromatic carbocycles.